The third-order valence-electron chi connectivity index (χ3n) is 14.2. The van der Waals surface area contributed by atoms with Crippen LogP contribution in [0.25, 0.3) is 0 Å². The molecule has 0 radical (unpaired) electrons. The minimum absolute atomic E-state index is 0.0991. The van der Waals surface area contributed by atoms with E-state index in [1.54, 1.807) is 25.1 Å². The largest absolute Gasteiger partial charge is 0.487 e. The van der Waals surface area contributed by atoms with Crippen LogP contribution in [0.4, 0.5) is 5.69 Å². The highest BCUT2D eigenvalue weighted by molar-refractivity contribution is 7.90. The van der Waals surface area contributed by atoms with Gasteiger partial charge >= 0.3 is 5.97 Å². The molecule has 1 amide bonds. The number of carbonyl (C=O) groups excluding carboxylic acids is 2. The maximum absolute atomic E-state index is 13.6. The van der Waals surface area contributed by atoms with Gasteiger partial charge in [0.25, 0.3) is 5.91 Å². The maximum Gasteiger partial charge on any atom is 0.306 e. The number of hydrogen-bond donors (Lipinski definition) is 2. The maximum atomic E-state index is 13.6. The summed E-state index contributed by atoms with van der Waals surface area (Å²) in [4.78, 5) is 35.3. The molecule has 14 heteroatoms. The molecule has 58 heavy (non-hydrogen) atoms. The van der Waals surface area contributed by atoms with Crippen LogP contribution in [0.1, 0.15) is 93.1 Å². The molecular weight excluding hydrogens is 778 g/mol. The van der Waals surface area contributed by atoms with Gasteiger partial charge in [-0.1, -0.05) is 31.0 Å². The smallest absolute Gasteiger partial charge is 0.306 e. The molecule has 6 atom stereocenters. The van der Waals surface area contributed by atoms with Gasteiger partial charge in [0.15, 0.2) is 0 Å². The van der Waals surface area contributed by atoms with Gasteiger partial charge in [-0.25, -0.2) is 13.1 Å². The topological polar surface area (TPSA) is 132 Å². The fourth-order valence-corrected chi connectivity index (χ4v) is 11.6. The zero-order valence-electron chi connectivity index (χ0n) is 34.7. The predicted molar refractivity (Wildman–Crippen MR) is 227 cm³/mol. The Hall–Kier alpha value is -2.94. The number of amides is 1. The first-order chi connectivity index (χ1) is 27.8. The van der Waals surface area contributed by atoms with Crippen molar-refractivity contribution in [3.8, 4) is 5.75 Å². The molecule has 2 aromatic rings. The van der Waals surface area contributed by atoms with Crippen molar-refractivity contribution in [2.45, 2.75) is 102 Å². The van der Waals surface area contributed by atoms with Crippen LogP contribution in [-0.2, 0) is 32.6 Å². The summed E-state index contributed by atoms with van der Waals surface area (Å²) >= 11 is 6.41. The normalized spacial score (nSPS) is 30.3. The Balaban J connectivity index is 1.13. The number of ether oxygens (including phenoxy) is 2. The fourth-order valence-electron chi connectivity index (χ4n) is 10.1. The van der Waals surface area contributed by atoms with Crippen molar-refractivity contribution < 1.29 is 32.6 Å². The number of carbonyl (C=O) groups is 2. The fraction of sp³-hybridized carbons (Fsp3) is 0.682. The van der Waals surface area contributed by atoms with Crippen LogP contribution in [0, 0.1) is 17.8 Å². The van der Waals surface area contributed by atoms with Gasteiger partial charge in [-0.15, -0.1) is 0 Å². The lowest BCUT2D eigenvalue weighted by Crippen LogP contribution is -2.62. The monoisotopic (exact) mass is 841 g/mol. The number of sulfonamides is 1. The lowest BCUT2D eigenvalue weighted by atomic mass is 9.62. The molecule has 2 N–H and O–H groups in total. The number of piperazine rings is 2. The Morgan fingerprint density at radius 2 is 1.72 bits per heavy atom. The van der Waals surface area contributed by atoms with Crippen molar-refractivity contribution in [1.82, 2.24) is 19.4 Å². The number of hydrogen-bond acceptors (Lipinski definition) is 11. The molecule has 2 aromatic carbocycles. The molecule has 2 saturated heterocycles. The first-order valence-corrected chi connectivity index (χ1v) is 23.6. The van der Waals surface area contributed by atoms with E-state index in [4.69, 9.17) is 21.1 Å². The first kappa shape index (κ1) is 43.2. The van der Waals surface area contributed by atoms with E-state index in [2.05, 4.69) is 24.3 Å². The highest BCUT2D eigenvalue weighted by atomic mass is 35.5. The summed E-state index contributed by atoms with van der Waals surface area (Å²) < 4.78 is 41.1. The molecule has 5 aliphatic rings. The van der Waals surface area contributed by atoms with Crippen LogP contribution in [0.15, 0.2) is 36.4 Å². The van der Waals surface area contributed by atoms with Gasteiger partial charge < -0.3 is 24.4 Å². The van der Waals surface area contributed by atoms with Gasteiger partial charge in [-0.2, -0.15) is 0 Å². The molecule has 2 bridgehead atoms. The van der Waals surface area contributed by atoms with Gasteiger partial charge in [0, 0.05) is 82.1 Å². The van der Waals surface area contributed by atoms with Gasteiger partial charge in [0.05, 0.1) is 30.1 Å². The van der Waals surface area contributed by atoms with Crippen LogP contribution in [0.2, 0.25) is 5.02 Å². The van der Waals surface area contributed by atoms with Gasteiger partial charge in [0.2, 0.25) is 10.0 Å². The summed E-state index contributed by atoms with van der Waals surface area (Å²) in [7, 11) is -2.53. The molecule has 1 saturated carbocycles. The number of aryl methyl sites for hydroxylation is 1. The Labute approximate surface area is 350 Å². The summed E-state index contributed by atoms with van der Waals surface area (Å²) in [6.45, 7) is 12.7. The molecule has 4 aliphatic heterocycles. The lowest BCUT2D eigenvalue weighted by Gasteiger charge is -2.51. The van der Waals surface area contributed by atoms with Crippen molar-refractivity contribution >= 4 is 39.2 Å². The average molecular weight is 843 g/mol. The van der Waals surface area contributed by atoms with Crippen LogP contribution in [-0.4, -0.2) is 130 Å². The van der Waals surface area contributed by atoms with Crippen molar-refractivity contribution in [1.29, 1.82) is 0 Å². The number of halogens is 1. The number of anilines is 1. The molecule has 3 fully saturated rings. The minimum atomic E-state index is -3.98. The predicted octanol–water partition coefficient (Wildman–Crippen LogP) is 5.34. The van der Waals surface area contributed by atoms with Crippen molar-refractivity contribution in [2.24, 2.45) is 17.8 Å². The second-order valence-electron chi connectivity index (χ2n) is 17.8. The third kappa shape index (κ3) is 10.1. The number of nitrogens with one attached hydrogen (secondary N) is 1. The molecule has 0 spiro atoms. The van der Waals surface area contributed by atoms with Crippen LogP contribution < -0.4 is 14.4 Å². The number of nitrogens with zero attached hydrogens (tertiary/aromatic N) is 4. The number of methoxy groups -OCH3 is 1. The van der Waals surface area contributed by atoms with Crippen LogP contribution >= 0.6 is 11.6 Å². The number of benzene rings is 2. The zero-order valence-corrected chi connectivity index (χ0v) is 36.2. The summed E-state index contributed by atoms with van der Waals surface area (Å²) in [5, 5.41) is 12.8. The van der Waals surface area contributed by atoms with Gasteiger partial charge in [0.1, 0.15) is 12.4 Å². The summed E-state index contributed by atoms with van der Waals surface area (Å²) in [5.41, 5.74) is 2.39. The van der Waals surface area contributed by atoms with E-state index >= 15 is 0 Å². The van der Waals surface area contributed by atoms with E-state index in [-0.39, 0.29) is 29.3 Å². The van der Waals surface area contributed by atoms with Crippen molar-refractivity contribution in [2.75, 3.05) is 77.5 Å². The van der Waals surface area contributed by atoms with E-state index in [0.717, 1.165) is 95.7 Å². The highest BCUT2D eigenvalue weighted by Crippen LogP contribution is 2.47. The second-order valence-corrected chi connectivity index (χ2v) is 20.2. The first-order valence-electron chi connectivity index (χ1n) is 21.6. The third-order valence-corrected chi connectivity index (χ3v) is 16.3. The van der Waals surface area contributed by atoms with E-state index in [1.807, 2.05) is 25.1 Å². The molecule has 7 rings (SSSR count). The summed E-state index contributed by atoms with van der Waals surface area (Å²) in [6.07, 6.45) is 7.69. The number of esters is 1. The van der Waals surface area contributed by atoms with E-state index < -0.39 is 26.8 Å². The Morgan fingerprint density at radius 3 is 2.47 bits per heavy atom. The Bertz CT molecular complexity index is 1880. The van der Waals surface area contributed by atoms with E-state index in [9.17, 15) is 23.1 Å². The lowest BCUT2D eigenvalue weighted by molar-refractivity contribution is -0.141. The quantitative estimate of drug-likeness (QED) is 0.366. The summed E-state index contributed by atoms with van der Waals surface area (Å²) in [6, 6.07) is 11.6. The second kappa shape index (κ2) is 18.8. The molecule has 1 aliphatic carbocycles. The number of rotatable bonds is 6. The molecular formula is C44H64ClN5O7S. The van der Waals surface area contributed by atoms with Gasteiger partial charge in [-0.3, -0.25) is 19.4 Å². The molecule has 4 heterocycles. The molecule has 12 nitrogen and oxygen atoms in total. The average Bonchev–Trinajstić information content (AvgIpc) is 3.22. The Kier molecular flexibility index (Phi) is 14.0. The SMILES string of the molecule is COC(=O)CCN1CCN2CCN(CC[C@@]3(O)CCC[C@H](C)[C@@H](C)S(=O)(=O)NC(=O)c4ccc5c(c4)N(CCCCc4cc(Cl)ccc4CO5)C[C@@H]4CC[C@@H]43)C[C@@H]2C1. The van der Waals surface area contributed by atoms with E-state index in [0.29, 0.717) is 68.6 Å². The summed E-state index contributed by atoms with van der Waals surface area (Å²) in [5.74, 6) is -0.0327. The van der Waals surface area contributed by atoms with Crippen molar-refractivity contribution in [3.63, 3.8) is 0 Å². The molecule has 0 aromatic heterocycles. The minimum Gasteiger partial charge on any atom is -0.487 e. The molecule has 0 unspecified atom stereocenters. The Morgan fingerprint density at radius 1 is 0.948 bits per heavy atom. The van der Waals surface area contributed by atoms with E-state index in [1.165, 1.54) is 12.7 Å². The highest BCUT2D eigenvalue weighted by Gasteiger charge is 2.47. The van der Waals surface area contributed by atoms with Gasteiger partial charge in [-0.05, 0) is 118 Å². The number of aliphatic hydroxyl groups is 1. The molecule has 320 valence electrons. The standard InChI is InChI=1S/C44H64ClN5O7S/c1-31-7-6-16-44(53,17-20-48-22-24-49-23-21-47(28-38(49)29-48)19-15-42(51)56-3)39-13-10-35(39)27-50-18-5-4-8-33-25-37(45)12-9-36(33)30-57-41-14-11-34(26-40(41)50)43(52)46-58(54,55)32(31)2/h9,11-12,14,25-26,31-32,35,38-39,53H,4-8,10,13,15-24,27-30H2,1-3H3,(H,46,52)/t31-,32+,35-,38-,39-,44-/m0/s1. The zero-order chi connectivity index (χ0) is 41.0. The number of fused-ring (bicyclic) bond motifs is 4. The van der Waals surface area contributed by atoms with Crippen LogP contribution in [0.5, 0.6) is 5.75 Å². The van der Waals surface area contributed by atoms with Crippen LogP contribution in [0.3, 0.4) is 0 Å². The van der Waals surface area contributed by atoms with Crippen molar-refractivity contribution in [3.05, 3.63) is 58.1 Å².